The molecule has 0 unspecified atom stereocenters. The van der Waals surface area contributed by atoms with Crippen LogP contribution in [0.25, 0.3) is 11.6 Å². The first-order valence-corrected chi connectivity index (χ1v) is 9.13. The van der Waals surface area contributed by atoms with Gasteiger partial charge in [-0.25, -0.2) is 0 Å². The summed E-state index contributed by atoms with van der Waals surface area (Å²) in [7, 11) is 3.21. The molecule has 0 atom stereocenters. The van der Waals surface area contributed by atoms with E-state index >= 15 is 0 Å². The number of rotatable bonds is 4. The summed E-state index contributed by atoms with van der Waals surface area (Å²) in [6.07, 6.45) is 6.76. The summed E-state index contributed by atoms with van der Waals surface area (Å²) in [5.41, 5.74) is 0.766. The van der Waals surface area contributed by atoms with Gasteiger partial charge in [-0.2, -0.15) is 0 Å². The SMILES string of the molecule is C/C=C/c1cc(Cl)c(C2=C(O)C3(CCC(OC)CC3)NC2=O)c(OC)c1. The van der Waals surface area contributed by atoms with Crippen LogP contribution in [0.2, 0.25) is 5.02 Å². The van der Waals surface area contributed by atoms with E-state index in [9.17, 15) is 9.90 Å². The molecule has 0 radical (unpaired) electrons. The average Bonchev–Trinajstić information content (AvgIpc) is 2.86. The smallest absolute Gasteiger partial charge is 0.256 e. The van der Waals surface area contributed by atoms with Crippen molar-refractivity contribution in [2.75, 3.05) is 14.2 Å². The Morgan fingerprint density at radius 1 is 1.31 bits per heavy atom. The van der Waals surface area contributed by atoms with Crippen LogP contribution in [0.15, 0.2) is 24.0 Å². The van der Waals surface area contributed by atoms with Crippen molar-refractivity contribution in [2.45, 2.75) is 44.2 Å². The van der Waals surface area contributed by atoms with Crippen LogP contribution in [0.1, 0.15) is 43.7 Å². The molecule has 1 aliphatic heterocycles. The number of carbonyl (C=O) groups is 1. The maximum Gasteiger partial charge on any atom is 0.256 e. The average molecular weight is 378 g/mol. The van der Waals surface area contributed by atoms with E-state index in [0.717, 1.165) is 18.4 Å². The first kappa shape index (κ1) is 18.8. The maximum atomic E-state index is 12.8. The van der Waals surface area contributed by atoms with Gasteiger partial charge in [-0.15, -0.1) is 0 Å². The quantitative estimate of drug-likeness (QED) is 0.828. The first-order valence-electron chi connectivity index (χ1n) is 8.75. The monoisotopic (exact) mass is 377 g/mol. The zero-order valence-corrected chi connectivity index (χ0v) is 16.0. The molecule has 1 aromatic rings. The molecule has 1 amide bonds. The van der Waals surface area contributed by atoms with Gasteiger partial charge in [0.05, 0.1) is 34.9 Å². The molecule has 0 saturated heterocycles. The molecule has 2 N–H and O–H groups in total. The highest BCUT2D eigenvalue weighted by Crippen LogP contribution is 2.45. The number of aliphatic hydroxyl groups is 1. The topological polar surface area (TPSA) is 67.8 Å². The third kappa shape index (κ3) is 3.10. The second-order valence-corrected chi connectivity index (χ2v) is 7.18. The summed E-state index contributed by atoms with van der Waals surface area (Å²) < 4.78 is 10.9. The number of carbonyl (C=O) groups excluding carboxylic acids is 1. The third-order valence-electron chi connectivity index (χ3n) is 5.29. The summed E-state index contributed by atoms with van der Waals surface area (Å²) in [5, 5.41) is 14.3. The predicted octanol–water partition coefficient (Wildman–Crippen LogP) is 4.11. The second kappa shape index (κ2) is 7.33. The normalized spacial score (nSPS) is 26.0. The Labute approximate surface area is 158 Å². The number of aliphatic hydroxyl groups excluding tert-OH is 1. The molecule has 1 spiro atoms. The Morgan fingerprint density at radius 3 is 2.58 bits per heavy atom. The maximum absolute atomic E-state index is 12.8. The zero-order chi connectivity index (χ0) is 18.9. The van der Waals surface area contributed by atoms with Crippen LogP contribution < -0.4 is 10.1 Å². The van der Waals surface area contributed by atoms with Crippen molar-refractivity contribution in [1.82, 2.24) is 5.32 Å². The van der Waals surface area contributed by atoms with E-state index in [0.29, 0.717) is 29.2 Å². The summed E-state index contributed by atoms with van der Waals surface area (Å²) in [4.78, 5) is 12.8. The van der Waals surface area contributed by atoms with Gasteiger partial charge in [0.25, 0.3) is 5.91 Å². The van der Waals surface area contributed by atoms with Crippen molar-refractivity contribution >= 4 is 29.2 Å². The number of ether oxygens (including phenoxy) is 2. The zero-order valence-electron chi connectivity index (χ0n) is 15.3. The lowest BCUT2D eigenvalue weighted by Crippen LogP contribution is -2.48. The lowest BCUT2D eigenvalue weighted by Gasteiger charge is -2.36. The van der Waals surface area contributed by atoms with Crippen LogP contribution >= 0.6 is 11.6 Å². The molecule has 1 fully saturated rings. The van der Waals surface area contributed by atoms with Crippen LogP contribution in [-0.4, -0.2) is 36.9 Å². The molecule has 5 nitrogen and oxygen atoms in total. The van der Waals surface area contributed by atoms with E-state index < -0.39 is 5.54 Å². The van der Waals surface area contributed by atoms with Crippen LogP contribution in [0.5, 0.6) is 5.75 Å². The van der Waals surface area contributed by atoms with Crippen molar-refractivity contribution in [3.8, 4) is 5.75 Å². The van der Waals surface area contributed by atoms with E-state index in [1.54, 1.807) is 13.2 Å². The predicted molar refractivity (Wildman–Crippen MR) is 102 cm³/mol. The van der Waals surface area contributed by atoms with Gasteiger partial charge >= 0.3 is 0 Å². The van der Waals surface area contributed by atoms with Gasteiger partial charge in [0, 0.05) is 7.11 Å². The van der Waals surface area contributed by atoms with E-state index in [1.165, 1.54) is 7.11 Å². The largest absolute Gasteiger partial charge is 0.509 e. The molecule has 26 heavy (non-hydrogen) atoms. The number of hydrogen-bond donors (Lipinski definition) is 2. The van der Waals surface area contributed by atoms with Crippen molar-refractivity contribution in [2.24, 2.45) is 0 Å². The highest BCUT2D eigenvalue weighted by Gasteiger charge is 2.48. The number of amides is 1. The summed E-state index contributed by atoms with van der Waals surface area (Å²) in [6.45, 7) is 1.91. The van der Waals surface area contributed by atoms with Gasteiger partial charge in [0.2, 0.25) is 0 Å². The molecule has 1 aromatic carbocycles. The van der Waals surface area contributed by atoms with E-state index in [1.807, 2.05) is 25.1 Å². The van der Waals surface area contributed by atoms with Gasteiger partial charge in [0.15, 0.2) is 0 Å². The van der Waals surface area contributed by atoms with E-state index in [-0.39, 0.29) is 23.3 Å². The van der Waals surface area contributed by atoms with Gasteiger partial charge in [0.1, 0.15) is 11.5 Å². The molecular formula is C20H24ClNO4. The van der Waals surface area contributed by atoms with Crippen molar-refractivity contribution in [3.63, 3.8) is 0 Å². The molecule has 0 bridgehead atoms. The minimum Gasteiger partial charge on any atom is -0.509 e. The summed E-state index contributed by atoms with van der Waals surface area (Å²) in [6, 6.07) is 3.57. The lowest BCUT2D eigenvalue weighted by molar-refractivity contribution is -0.116. The van der Waals surface area contributed by atoms with E-state index in [4.69, 9.17) is 21.1 Å². The van der Waals surface area contributed by atoms with Crippen LogP contribution in [0.3, 0.4) is 0 Å². The number of benzene rings is 1. The fourth-order valence-electron chi connectivity index (χ4n) is 3.89. The molecule has 140 valence electrons. The summed E-state index contributed by atoms with van der Waals surface area (Å²) in [5.74, 6) is 0.193. The number of allylic oxidation sites excluding steroid dienone is 1. The van der Waals surface area contributed by atoms with Crippen molar-refractivity contribution in [1.29, 1.82) is 0 Å². The van der Waals surface area contributed by atoms with Crippen LogP contribution in [-0.2, 0) is 9.53 Å². The Morgan fingerprint density at radius 2 is 2.00 bits per heavy atom. The molecule has 2 aliphatic rings. The van der Waals surface area contributed by atoms with Gasteiger partial charge in [-0.05, 0) is 50.3 Å². The molecule has 1 heterocycles. The first-order chi connectivity index (χ1) is 12.5. The third-order valence-corrected chi connectivity index (χ3v) is 5.59. The lowest BCUT2D eigenvalue weighted by atomic mass is 9.79. The van der Waals surface area contributed by atoms with Gasteiger partial charge in [-0.3, -0.25) is 4.79 Å². The number of nitrogens with one attached hydrogen (secondary N) is 1. The van der Waals surface area contributed by atoms with Crippen LogP contribution in [0, 0.1) is 0 Å². The highest BCUT2D eigenvalue weighted by atomic mass is 35.5. The Hall–Kier alpha value is -1.98. The Balaban J connectivity index is 2.07. The Kier molecular flexibility index (Phi) is 5.30. The number of hydrogen-bond acceptors (Lipinski definition) is 4. The summed E-state index contributed by atoms with van der Waals surface area (Å²) >= 11 is 6.47. The molecule has 6 heteroatoms. The number of methoxy groups -OCH3 is 2. The molecule has 1 saturated carbocycles. The van der Waals surface area contributed by atoms with Crippen molar-refractivity contribution in [3.05, 3.63) is 40.1 Å². The minimum absolute atomic E-state index is 0.0519. The fraction of sp³-hybridized carbons (Fsp3) is 0.450. The standard InChI is InChI=1S/C20H24ClNO4/c1-4-5-12-10-14(21)16(15(11-12)26-3)17-18(23)20(22-19(17)24)8-6-13(25-2)7-9-20/h4-5,10-11,13,23H,6-9H2,1-3H3,(H,22,24)/b5-4+. The van der Waals surface area contributed by atoms with Gasteiger partial charge < -0.3 is 19.9 Å². The van der Waals surface area contributed by atoms with Crippen molar-refractivity contribution < 1.29 is 19.4 Å². The minimum atomic E-state index is -0.738. The second-order valence-electron chi connectivity index (χ2n) is 6.77. The Bertz CT molecular complexity index is 776. The highest BCUT2D eigenvalue weighted by molar-refractivity contribution is 6.36. The van der Waals surface area contributed by atoms with E-state index in [2.05, 4.69) is 5.32 Å². The molecule has 0 aromatic heterocycles. The van der Waals surface area contributed by atoms with Crippen LogP contribution in [0.4, 0.5) is 0 Å². The van der Waals surface area contributed by atoms with Gasteiger partial charge in [-0.1, -0.05) is 23.8 Å². The number of halogens is 1. The molecule has 3 rings (SSSR count). The molecular weight excluding hydrogens is 354 g/mol. The molecule has 1 aliphatic carbocycles. The fourth-order valence-corrected chi connectivity index (χ4v) is 4.21.